The lowest BCUT2D eigenvalue weighted by Crippen LogP contribution is -2.11. The van der Waals surface area contributed by atoms with Gasteiger partial charge in [0, 0.05) is 18.1 Å². The third kappa shape index (κ3) is 1.82. The second-order valence-corrected chi connectivity index (χ2v) is 4.40. The first-order valence-electron chi connectivity index (χ1n) is 5.86. The molecule has 1 unspecified atom stereocenters. The van der Waals surface area contributed by atoms with Gasteiger partial charge in [-0.05, 0) is 25.0 Å². The minimum absolute atomic E-state index is 0.475. The number of aryl methyl sites for hydroxylation is 2. The Bertz CT molecular complexity index is 569. The fraction of sp³-hybridized carbons (Fsp3) is 0.357. The van der Waals surface area contributed by atoms with Gasteiger partial charge in [0.05, 0.1) is 11.4 Å². The molecule has 1 atom stereocenters. The Hall–Kier alpha value is -1.77. The molecule has 3 nitrogen and oxygen atoms in total. The maximum Gasteiger partial charge on any atom is 0.312 e. The van der Waals surface area contributed by atoms with Crippen molar-refractivity contribution < 1.29 is 9.90 Å². The largest absolute Gasteiger partial charge is 0.481 e. The highest BCUT2D eigenvalue weighted by molar-refractivity contribution is 5.87. The predicted molar refractivity (Wildman–Crippen MR) is 68.3 cm³/mol. The van der Waals surface area contributed by atoms with Crippen molar-refractivity contribution in [2.75, 3.05) is 0 Å². The molecule has 1 N–H and O–H groups in total. The number of hydrogen-bond acceptors (Lipinski definition) is 1. The van der Waals surface area contributed by atoms with Gasteiger partial charge in [-0.3, -0.25) is 4.79 Å². The zero-order valence-corrected chi connectivity index (χ0v) is 10.4. The monoisotopic (exact) mass is 231 g/mol. The molecule has 2 rings (SSSR count). The Kier molecular flexibility index (Phi) is 2.92. The lowest BCUT2D eigenvalue weighted by atomic mass is 10.1. The summed E-state index contributed by atoms with van der Waals surface area (Å²) in [6.07, 6.45) is 0.954. The van der Waals surface area contributed by atoms with E-state index in [2.05, 4.69) is 13.0 Å². The second kappa shape index (κ2) is 4.24. The number of carbonyl (C=O) groups is 1. The molecular formula is C14H17NO2. The minimum atomic E-state index is -0.783. The van der Waals surface area contributed by atoms with E-state index in [1.807, 2.05) is 29.8 Å². The molecule has 0 fully saturated rings. The van der Waals surface area contributed by atoms with Gasteiger partial charge in [-0.2, -0.15) is 0 Å². The quantitative estimate of drug-likeness (QED) is 0.882. The maximum atomic E-state index is 11.1. The van der Waals surface area contributed by atoms with E-state index >= 15 is 0 Å². The van der Waals surface area contributed by atoms with Crippen LogP contribution < -0.4 is 0 Å². The van der Waals surface area contributed by atoms with Crippen LogP contribution in [-0.2, 0) is 18.3 Å². The second-order valence-electron chi connectivity index (χ2n) is 4.40. The first kappa shape index (κ1) is 11.7. The number of hydrogen-bond donors (Lipinski definition) is 1. The van der Waals surface area contributed by atoms with Gasteiger partial charge in [-0.15, -0.1) is 0 Å². The number of carboxylic acids is 1. The van der Waals surface area contributed by atoms with Crippen molar-refractivity contribution in [3.8, 4) is 0 Å². The van der Waals surface area contributed by atoms with Crippen molar-refractivity contribution in [1.29, 1.82) is 0 Å². The summed E-state index contributed by atoms with van der Waals surface area (Å²) in [6.45, 7) is 3.84. The van der Waals surface area contributed by atoms with Crippen LogP contribution in [-0.4, -0.2) is 15.6 Å². The fourth-order valence-electron chi connectivity index (χ4n) is 2.35. The third-order valence-electron chi connectivity index (χ3n) is 3.37. The lowest BCUT2D eigenvalue weighted by Gasteiger charge is -2.09. The number of benzene rings is 1. The predicted octanol–water partition coefficient (Wildman–Crippen LogP) is 2.93. The summed E-state index contributed by atoms with van der Waals surface area (Å²) in [5.74, 6) is -1.26. The molecule has 3 heteroatoms. The van der Waals surface area contributed by atoms with Crippen LogP contribution in [0.3, 0.4) is 0 Å². The molecule has 0 aliphatic rings. The highest BCUT2D eigenvalue weighted by Crippen LogP contribution is 2.27. The van der Waals surface area contributed by atoms with Gasteiger partial charge < -0.3 is 9.67 Å². The number of aromatic nitrogens is 1. The van der Waals surface area contributed by atoms with Gasteiger partial charge in [0.15, 0.2) is 0 Å². The summed E-state index contributed by atoms with van der Waals surface area (Å²) in [5, 5.41) is 10.2. The SMILES string of the molecule is CCc1cccc2cc(C(C)C(=O)O)n(C)c12. The molecule has 0 bridgehead atoms. The summed E-state index contributed by atoms with van der Waals surface area (Å²) in [4.78, 5) is 11.1. The Morgan fingerprint density at radius 1 is 1.47 bits per heavy atom. The molecular weight excluding hydrogens is 214 g/mol. The van der Waals surface area contributed by atoms with E-state index in [0.717, 1.165) is 23.0 Å². The third-order valence-corrected chi connectivity index (χ3v) is 3.37. The highest BCUT2D eigenvalue weighted by Gasteiger charge is 2.19. The van der Waals surface area contributed by atoms with Crippen molar-refractivity contribution in [3.63, 3.8) is 0 Å². The van der Waals surface area contributed by atoms with Crippen molar-refractivity contribution in [3.05, 3.63) is 35.5 Å². The Labute approximate surface area is 101 Å². The number of carboxylic acid groups (broad SMARTS) is 1. The average Bonchev–Trinajstić information content (AvgIpc) is 2.65. The number of para-hydroxylation sites is 1. The van der Waals surface area contributed by atoms with E-state index in [9.17, 15) is 4.79 Å². The smallest absolute Gasteiger partial charge is 0.312 e. The maximum absolute atomic E-state index is 11.1. The van der Waals surface area contributed by atoms with E-state index in [1.54, 1.807) is 6.92 Å². The van der Waals surface area contributed by atoms with Crippen LogP contribution >= 0.6 is 0 Å². The van der Waals surface area contributed by atoms with Crippen LogP contribution in [0.4, 0.5) is 0 Å². The fourth-order valence-corrected chi connectivity index (χ4v) is 2.35. The molecule has 90 valence electrons. The normalized spacial score (nSPS) is 12.9. The van der Waals surface area contributed by atoms with Crippen LogP contribution in [0.15, 0.2) is 24.3 Å². The first-order chi connectivity index (χ1) is 8.06. The summed E-state index contributed by atoms with van der Waals surface area (Å²) < 4.78 is 2.01. The lowest BCUT2D eigenvalue weighted by molar-refractivity contribution is -0.138. The number of nitrogens with zero attached hydrogens (tertiary/aromatic N) is 1. The first-order valence-corrected chi connectivity index (χ1v) is 5.86. The van der Waals surface area contributed by atoms with Gasteiger partial charge in [0.2, 0.25) is 0 Å². The van der Waals surface area contributed by atoms with Crippen molar-refractivity contribution in [2.24, 2.45) is 7.05 Å². The van der Waals surface area contributed by atoms with Crippen LogP contribution in [0.5, 0.6) is 0 Å². The zero-order valence-electron chi connectivity index (χ0n) is 10.4. The molecule has 1 aromatic heterocycles. The molecule has 0 saturated carbocycles. The molecule has 1 aromatic carbocycles. The molecule has 0 radical (unpaired) electrons. The van der Waals surface area contributed by atoms with Gasteiger partial charge in [-0.25, -0.2) is 0 Å². The van der Waals surface area contributed by atoms with Crippen LogP contribution in [0.25, 0.3) is 10.9 Å². The Balaban J connectivity index is 2.69. The molecule has 0 spiro atoms. The molecule has 2 aromatic rings. The minimum Gasteiger partial charge on any atom is -0.481 e. The number of fused-ring (bicyclic) bond motifs is 1. The van der Waals surface area contributed by atoms with Crippen molar-refractivity contribution in [1.82, 2.24) is 4.57 Å². The van der Waals surface area contributed by atoms with E-state index in [1.165, 1.54) is 5.56 Å². The summed E-state index contributed by atoms with van der Waals surface area (Å²) in [5.41, 5.74) is 3.26. The topological polar surface area (TPSA) is 42.2 Å². The summed E-state index contributed by atoms with van der Waals surface area (Å²) >= 11 is 0. The Morgan fingerprint density at radius 3 is 2.76 bits per heavy atom. The molecule has 17 heavy (non-hydrogen) atoms. The highest BCUT2D eigenvalue weighted by atomic mass is 16.4. The van der Waals surface area contributed by atoms with Crippen LogP contribution in [0, 0.1) is 0 Å². The van der Waals surface area contributed by atoms with Crippen molar-refractivity contribution in [2.45, 2.75) is 26.2 Å². The molecule has 1 heterocycles. The zero-order chi connectivity index (χ0) is 12.6. The van der Waals surface area contributed by atoms with E-state index in [4.69, 9.17) is 5.11 Å². The van der Waals surface area contributed by atoms with Gasteiger partial charge in [0.25, 0.3) is 0 Å². The van der Waals surface area contributed by atoms with E-state index < -0.39 is 11.9 Å². The van der Waals surface area contributed by atoms with E-state index in [0.29, 0.717) is 0 Å². The molecule has 0 aliphatic heterocycles. The van der Waals surface area contributed by atoms with E-state index in [-0.39, 0.29) is 0 Å². The Morgan fingerprint density at radius 2 is 2.18 bits per heavy atom. The number of rotatable bonds is 3. The molecule has 0 aliphatic carbocycles. The average molecular weight is 231 g/mol. The van der Waals surface area contributed by atoms with Gasteiger partial charge in [0.1, 0.15) is 0 Å². The van der Waals surface area contributed by atoms with Gasteiger partial charge >= 0.3 is 5.97 Å². The molecule has 0 amide bonds. The van der Waals surface area contributed by atoms with Crippen LogP contribution in [0.1, 0.15) is 31.0 Å². The summed E-state index contributed by atoms with van der Waals surface area (Å²) in [6, 6.07) is 8.13. The standard InChI is InChI=1S/C14H17NO2/c1-4-10-6-5-7-11-8-12(9(2)14(16)17)15(3)13(10)11/h5-9H,4H2,1-3H3,(H,16,17). The number of aliphatic carboxylic acids is 1. The van der Waals surface area contributed by atoms with Crippen molar-refractivity contribution >= 4 is 16.9 Å². The van der Waals surface area contributed by atoms with Gasteiger partial charge in [-0.1, -0.05) is 25.1 Å². The molecule has 0 saturated heterocycles. The van der Waals surface area contributed by atoms with Crippen LogP contribution in [0.2, 0.25) is 0 Å². The summed E-state index contributed by atoms with van der Waals surface area (Å²) in [7, 11) is 1.94.